The number of aromatic hydroxyl groups is 2. The summed E-state index contributed by atoms with van der Waals surface area (Å²) in [5, 5.41) is 86.4. The number of rotatable bonds is 17. The summed E-state index contributed by atoms with van der Waals surface area (Å²) in [5.41, 5.74) is 24.3. The lowest BCUT2D eigenvalue weighted by atomic mass is 10.0. The zero-order valence-corrected chi connectivity index (χ0v) is 40.1. The number of carboxylic acid groups (broad SMARTS) is 2. The van der Waals surface area contributed by atoms with Crippen molar-refractivity contribution in [2.75, 3.05) is 26.8 Å². The van der Waals surface area contributed by atoms with E-state index in [2.05, 4.69) is 25.3 Å². The predicted molar refractivity (Wildman–Crippen MR) is 274 cm³/mol. The van der Waals surface area contributed by atoms with Gasteiger partial charge in [0.2, 0.25) is 5.91 Å². The van der Waals surface area contributed by atoms with Crippen LogP contribution in [0.1, 0.15) is 29.4 Å². The lowest BCUT2D eigenvalue weighted by Gasteiger charge is -2.22. The number of carbonyl (C=O) groups excluding carboxylic acids is 2. The van der Waals surface area contributed by atoms with Crippen LogP contribution >= 0.6 is 0 Å². The van der Waals surface area contributed by atoms with E-state index < -0.39 is 55.0 Å². The molecule has 22 heteroatoms. The number of carboxylic acids is 2. The van der Waals surface area contributed by atoms with Gasteiger partial charge in [0, 0.05) is 88.3 Å². The van der Waals surface area contributed by atoms with E-state index in [9.17, 15) is 29.4 Å². The molecule has 0 aliphatic rings. The molecule has 392 valence electrons. The van der Waals surface area contributed by atoms with E-state index in [1.165, 1.54) is 12.5 Å². The Morgan fingerprint density at radius 2 is 1.21 bits per heavy atom. The second kappa shape index (κ2) is 28.3. The number of amides is 1. The van der Waals surface area contributed by atoms with Gasteiger partial charge in [0.25, 0.3) is 0 Å². The van der Waals surface area contributed by atoms with Crippen LogP contribution < -0.4 is 27.3 Å². The first-order chi connectivity index (χ1) is 34.8. The number of fused-ring (bicyclic) bond motifs is 4. The molecule has 20 N–H and O–H groups in total. The van der Waals surface area contributed by atoms with Gasteiger partial charge in [0.15, 0.2) is 6.29 Å². The minimum atomic E-state index is -1.79. The number of methoxy groups -OCH3 is 1. The highest BCUT2D eigenvalue weighted by Crippen LogP contribution is 2.25. The summed E-state index contributed by atoms with van der Waals surface area (Å²) in [6, 6.07) is 25.9. The lowest BCUT2D eigenvalue weighted by molar-refractivity contribution is -0.139. The Balaban J connectivity index is 0.000000199. The van der Waals surface area contributed by atoms with Crippen LogP contribution in [0.2, 0.25) is 0 Å². The number of aromatic amines is 4. The summed E-state index contributed by atoms with van der Waals surface area (Å²) in [7, 11) is 1.66. The quantitative estimate of drug-likeness (QED) is 0.0578. The first-order valence-electron chi connectivity index (χ1n) is 22.8. The van der Waals surface area contributed by atoms with Crippen molar-refractivity contribution < 1.29 is 69.9 Å². The van der Waals surface area contributed by atoms with Crippen LogP contribution in [0.25, 0.3) is 43.6 Å². The van der Waals surface area contributed by atoms with Crippen LogP contribution in [0.3, 0.4) is 0 Å². The highest BCUT2D eigenvalue weighted by Gasteiger charge is 2.29. The van der Waals surface area contributed by atoms with E-state index >= 15 is 0 Å². The number of aliphatic carboxylic acids is 2. The number of para-hydroxylation sites is 1. The van der Waals surface area contributed by atoms with Gasteiger partial charge in [0.1, 0.15) is 53.7 Å². The van der Waals surface area contributed by atoms with Gasteiger partial charge in [-0.15, -0.1) is 0 Å². The number of aliphatic hydroxyl groups excluding tert-OH is 5. The molecular weight excluding hydrogens is 949 g/mol. The minimum Gasteiger partial charge on any atom is -0.508 e. The molecular formula is C51H64N8O14. The summed E-state index contributed by atoms with van der Waals surface area (Å²) < 4.78 is 5.21. The van der Waals surface area contributed by atoms with Crippen LogP contribution in [0.4, 0.5) is 0 Å². The predicted octanol–water partition coefficient (Wildman–Crippen LogP) is 1.80. The first kappa shape index (κ1) is 57.8. The number of H-pyrrole nitrogens is 4. The molecule has 0 spiro atoms. The fourth-order valence-electron chi connectivity index (χ4n) is 7.19. The molecule has 0 aliphatic heterocycles. The number of phenols is 2. The van der Waals surface area contributed by atoms with Crippen molar-refractivity contribution in [1.29, 1.82) is 0 Å². The van der Waals surface area contributed by atoms with Crippen molar-refractivity contribution in [1.82, 2.24) is 25.3 Å². The van der Waals surface area contributed by atoms with Crippen LogP contribution in [0.5, 0.6) is 17.2 Å². The Bertz CT molecular complexity index is 2990. The molecule has 22 nitrogen and oxygen atoms in total. The topological polar surface area (TPSA) is 413 Å². The van der Waals surface area contributed by atoms with E-state index in [4.69, 9.17) is 57.7 Å². The number of nitrogens with one attached hydrogen (secondary N) is 5. The minimum absolute atomic E-state index is 0.00224. The van der Waals surface area contributed by atoms with Crippen LogP contribution in [0.15, 0.2) is 103 Å². The number of aliphatic hydroxyl groups is 5. The molecule has 0 bridgehead atoms. The van der Waals surface area contributed by atoms with Gasteiger partial charge in [-0.2, -0.15) is 0 Å². The lowest BCUT2D eigenvalue weighted by Crippen LogP contribution is -2.46. The van der Waals surface area contributed by atoms with Crippen LogP contribution in [-0.2, 0) is 44.9 Å². The van der Waals surface area contributed by atoms with Crippen molar-refractivity contribution in [2.45, 2.75) is 69.1 Å². The average Bonchev–Trinajstić information content (AvgIpc) is 4.18. The summed E-state index contributed by atoms with van der Waals surface area (Å²) in [5.74, 6) is -0.679. The molecule has 4 heterocycles. The maximum atomic E-state index is 10.8. The SMILES string of the molecule is COc1ccc2[nH]cc(CCNC(C)=O)c2c1.NC(Cc1cc2cc(O)ccc2[nH]1)C(=O)O.NC(Cc1cc2ccccc2[nH]1)C(=O)O.NCCc1c[nH]c2ccc(O)cc12.O=CC(O)C(O)C(O)C(O)CO. The zero-order valence-electron chi connectivity index (χ0n) is 40.1. The summed E-state index contributed by atoms with van der Waals surface area (Å²) in [6.07, 6.45) is -0.707. The van der Waals surface area contributed by atoms with E-state index in [1.807, 2.05) is 67.0 Å². The number of hydrogen-bond donors (Lipinski definition) is 17. The molecule has 0 aliphatic carbocycles. The van der Waals surface area contributed by atoms with Crippen molar-refractivity contribution in [3.8, 4) is 17.2 Å². The molecule has 1 amide bonds. The number of aromatic nitrogens is 4. The number of aldehydes is 1. The second-order valence-electron chi connectivity index (χ2n) is 16.6. The van der Waals surface area contributed by atoms with Gasteiger partial charge in [0.05, 0.1) is 13.7 Å². The van der Waals surface area contributed by atoms with Crippen molar-refractivity contribution in [2.24, 2.45) is 17.2 Å². The highest BCUT2D eigenvalue weighted by molar-refractivity contribution is 5.86. The number of phenolic OH excluding ortho intramolecular Hbond substituents is 2. The zero-order chi connectivity index (χ0) is 53.8. The maximum Gasteiger partial charge on any atom is 0.320 e. The van der Waals surface area contributed by atoms with Gasteiger partial charge < -0.3 is 97.9 Å². The third-order valence-electron chi connectivity index (χ3n) is 11.1. The number of carbonyl (C=O) groups is 4. The summed E-state index contributed by atoms with van der Waals surface area (Å²) in [4.78, 5) is 54.4. The molecule has 6 unspecified atom stereocenters. The fraction of sp³-hybridized carbons (Fsp3) is 0.294. The number of nitrogens with two attached hydrogens (primary N) is 3. The van der Waals surface area contributed by atoms with E-state index in [1.54, 1.807) is 43.5 Å². The van der Waals surface area contributed by atoms with Crippen molar-refractivity contribution in [3.05, 3.63) is 126 Å². The normalized spacial score (nSPS) is 13.3. The van der Waals surface area contributed by atoms with E-state index in [0.29, 0.717) is 25.3 Å². The molecule has 8 aromatic rings. The maximum absolute atomic E-state index is 10.8. The first-order valence-corrected chi connectivity index (χ1v) is 22.8. The Morgan fingerprint density at radius 3 is 1.74 bits per heavy atom. The van der Waals surface area contributed by atoms with Gasteiger partial charge >= 0.3 is 11.9 Å². The number of benzene rings is 4. The molecule has 0 saturated carbocycles. The third kappa shape index (κ3) is 17.5. The molecule has 0 saturated heterocycles. The average molecular weight is 1010 g/mol. The van der Waals surface area contributed by atoms with Gasteiger partial charge in [-0.3, -0.25) is 14.4 Å². The third-order valence-corrected chi connectivity index (χ3v) is 11.1. The molecule has 0 radical (unpaired) electrons. The standard InChI is InChI=1S/C13H16N2O2.C11H12N2O3.C11H12N2O2.C10H12N2O.C6H12O6/c1-9(16)14-6-5-10-8-15-13-4-3-11(17-2)7-12(10)13;12-9(11(15)16)5-7-3-6-4-8(14)1-2-10(6)13-7;12-9(11(14)15)6-8-5-7-3-1-2-4-10(7)13-8;11-4-3-7-6-12-10-2-1-8(13)5-9(7)10;7-1-3(9)5(11)6(12)4(10)2-8/h3-4,7-8,15H,5-6H2,1-2H3,(H,14,16);1-4,9,13-14H,5,12H2,(H,15,16);1-5,9,13H,6,12H2,(H,14,15);1-2,5-6,12-13H,3-4,11H2;1,3-6,8-12H,2H2. The molecule has 0 fully saturated rings. The van der Waals surface area contributed by atoms with E-state index in [-0.39, 0.29) is 24.4 Å². The molecule has 6 atom stereocenters. The van der Waals surface area contributed by atoms with E-state index in [0.717, 1.165) is 79.2 Å². The monoisotopic (exact) mass is 1010 g/mol. The highest BCUT2D eigenvalue weighted by atomic mass is 16.5. The van der Waals surface area contributed by atoms with Crippen LogP contribution in [0, 0.1) is 0 Å². The fourth-order valence-corrected chi connectivity index (χ4v) is 7.19. The van der Waals surface area contributed by atoms with Crippen LogP contribution in [-0.4, -0.2) is 153 Å². The Morgan fingerprint density at radius 1 is 0.685 bits per heavy atom. The molecule has 4 aromatic carbocycles. The van der Waals surface area contributed by atoms with Crippen molar-refractivity contribution >= 4 is 67.7 Å². The Hall–Kier alpha value is -7.80. The smallest absolute Gasteiger partial charge is 0.320 e. The summed E-state index contributed by atoms with van der Waals surface area (Å²) >= 11 is 0. The van der Waals surface area contributed by atoms with Gasteiger partial charge in [-0.1, -0.05) is 18.2 Å². The second-order valence-corrected chi connectivity index (χ2v) is 16.6. The summed E-state index contributed by atoms with van der Waals surface area (Å²) in [6.45, 7) is 2.05. The molecule has 4 aromatic heterocycles. The molecule has 73 heavy (non-hydrogen) atoms. The van der Waals surface area contributed by atoms with Gasteiger partial charge in [-0.05, 0) is 109 Å². The van der Waals surface area contributed by atoms with Gasteiger partial charge in [-0.25, -0.2) is 0 Å². The number of ether oxygens (including phenoxy) is 1. The molecule has 8 rings (SSSR count). The van der Waals surface area contributed by atoms with Crippen molar-refractivity contribution in [3.63, 3.8) is 0 Å². The number of hydrogen-bond acceptors (Lipinski definition) is 15. The Kier molecular flexibility index (Phi) is 22.4. The Labute approximate surface area is 418 Å². The largest absolute Gasteiger partial charge is 0.508 e.